The summed E-state index contributed by atoms with van der Waals surface area (Å²) in [6.45, 7) is 2.34. The number of rotatable bonds is 4. The number of amides is 1. The Hall–Kier alpha value is -1.66. The van der Waals surface area contributed by atoms with Gasteiger partial charge in [0, 0.05) is 30.6 Å². The lowest BCUT2D eigenvalue weighted by molar-refractivity contribution is 0.0743. The van der Waals surface area contributed by atoms with E-state index in [2.05, 4.69) is 4.98 Å². The minimum Gasteiger partial charge on any atom is -0.472 e. The third-order valence-corrected chi connectivity index (χ3v) is 3.71. The molecule has 5 nitrogen and oxygen atoms in total. The molecule has 0 bridgehead atoms. The molecule has 0 fully saturated rings. The van der Waals surface area contributed by atoms with Gasteiger partial charge in [-0.1, -0.05) is 0 Å². The first-order valence-electron chi connectivity index (χ1n) is 5.58. The molecule has 0 aliphatic heterocycles. The van der Waals surface area contributed by atoms with Crippen molar-refractivity contribution in [3.8, 4) is 10.6 Å². The maximum atomic E-state index is 12.1. The second kappa shape index (κ2) is 5.32. The molecule has 1 unspecified atom stereocenters. The quantitative estimate of drug-likeness (QED) is 0.915. The van der Waals surface area contributed by atoms with Crippen molar-refractivity contribution in [3.05, 3.63) is 29.7 Å². The molecular weight excluding hydrogens is 250 g/mol. The normalized spacial score (nSPS) is 12.4. The number of nitrogens with two attached hydrogens (primary N) is 1. The van der Waals surface area contributed by atoms with E-state index < -0.39 is 0 Å². The summed E-state index contributed by atoms with van der Waals surface area (Å²) in [5.41, 5.74) is 6.87. The molecule has 0 saturated carbocycles. The highest BCUT2D eigenvalue weighted by Gasteiger charge is 2.19. The SMILES string of the molecule is CC(CN)N(C)C(=O)c1csc(-c2ccoc2)n1. The van der Waals surface area contributed by atoms with Crippen LogP contribution in [0, 0.1) is 0 Å². The summed E-state index contributed by atoms with van der Waals surface area (Å²) in [5.74, 6) is -0.112. The van der Waals surface area contributed by atoms with Gasteiger partial charge in [0.25, 0.3) is 5.91 Å². The Morgan fingerprint density at radius 3 is 3.06 bits per heavy atom. The predicted molar refractivity (Wildman–Crippen MR) is 70.4 cm³/mol. The molecule has 0 aliphatic carbocycles. The van der Waals surface area contributed by atoms with E-state index >= 15 is 0 Å². The van der Waals surface area contributed by atoms with Crippen molar-refractivity contribution in [2.45, 2.75) is 13.0 Å². The van der Waals surface area contributed by atoms with Gasteiger partial charge in [0.05, 0.1) is 6.26 Å². The lowest BCUT2D eigenvalue weighted by atomic mass is 10.3. The zero-order valence-electron chi connectivity index (χ0n) is 10.3. The van der Waals surface area contributed by atoms with Crippen LogP contribution in [-0.2, 0) is 0 Å². The minimum absolute atomic E-state index is 0.00317. The first-order valence-corrected chi connectivity index (χ1v) is 6.46. The maximum absolute atomic E-state index is 12.1. The minimum atomic E-state index is -0.112. The topological polar surface area (TPSA) is 72.4 Å². The standard InChI is InChI=1S/C12H15N3O2S/c1-8(5-13)15(2)12(16)10-7-18-11(14-10)9-3-4-17-6-9/h3-4,6-8H,5,13H2,1-2H3. The largest absolute Gasteiger partial charge is 0.472 e. The molecule has 18 heavy (non-hydrogen) atoms. The predicted octanol–water partition coefficient (Wildman–Crippen LogP) is 1.82. The van der Waals surface area contributed by atoms with Crippen molar-refractivity contribution in [1.29, 1.82) is 0 Å². The molecule has 0 spiro atoms. The highest BCUT2D eigenvalue weighted by molar-refractivity contribution is 7.13. The molecule has 2 aromatic heterocycles. The number of furan rings is 1. The summed E-state index contributed by atoms with van der Waals surface area (Å²) in [6.07, 6.45) is 3.19. The highest BCUT2D eigenvalue weighted by atomic mass is 32.1. The van der Waals surface area contributed by atoms with Gasteiger partial charge in [0.1, 0.15) is 17.0 Å². The Morgan fingerprint density at radius 1 is 1.67 bits per heavy atom. The van der Waals surface area contributed by atoms with Gasteiger partial charge in [-0.05, 0) is 13.0 Å². The monoisotopic (exact) mass is 265 g/mol. The zero-order chi connectivity index (χ0) is 13.1. The Morgan fingerprint density at radius 2 is 2.44 bits per heavy atom. The van der Waals surface area contributed by atoms with E-state index in [9.17, 15) is 4.79 Å². The maximum Gasteiger partial charge on any atom is 0.273 e. The molecule has 1 atom stereocenters. The van der Waals surface area contributed by atoms with Crippen LogP contribution in [0.25, 0.3) is 10.6 Å². The molecule has 0 aromatic carbocycles. The summed E-state index contributed by atoms with van der Waals surface area (Å²) >= 11 is 1.42. The summed E-state index contributed by atoms with van der Waals surface area (Å²) in [6, 6.07) is 1.82. The molecular formula is C12H15N3O2S. The van der Waals surface area contributed by atoms with Crippen molar-refractivity contribution in [2.75, 3.05) is 13.6 Å². The molecule has 0 aliphatic rings. The average Bonchev–Trinajstić information content (AvgIpc) is 3.05. The van der Waals surface area contributed by atoms with Crippen molar-refractivity contribution in [3.63, 3.8) is 0 Å². The molecule has 1 amide bonds. The Labute approximate surface area is 109 Å². The second-order valence-corrected chi connectivity index (χ2v) is 4.91. The number of aromatic nitrogens is 1. The van der Waals surface area contributed by atoms with Crippen molar-refractivity contribution >= 4 is 17.2 Å². The van der Waals surface area contributed by atoms with Crippen LogP contribution in [0.5, 0.6) is 0 Å². The molecule has 96 valence electrons. The van der Waals surface area contributed by atoms with Crippen LogP contribution in [0.15, 0.2) is 28.4 Å². The Kier molecular flexibility index (Phi) is 3.78. The van der Waals surface area contributed by atoms with Crippen molar-refractivity contribution in [1.82, 2.24) is 9.88 Å². The molecule has 2 N–H and O–H groups in total. The fraction of sp³-hybridized carbons (Fsp3) is 0.333. The van der Waals surface area contributed by atoms with Gasteiger partial charge in [-0.25, -0.2) is 4.98 Å². The highest BCUT2D eigenvalue weighted by Crippen LogP contribution is 2.24. The lowest BCUT2D eigenvalue weighted by Gasteiger charge is -2.22. The van der Waals surface area contributed by atoms with E-state index in [0.717, 1.165) is 10.6 Å². The van der Waals surface area contributed by atoms with Crippen molar-refractivity contribution in [2.24, 2.45) is 5.73 Å². The van der Waals surface area contributed by atoms with Gasteiger partial charge in [0.2, 0.25) is 0 Å². The van der Waals surface area contributed by atoms with E-state index in [1.54, 1.807) is 29.9 Å². The number of carbonyl (C=O) groups is 1. The van der Waals surface area contributed by atoms with E-state index in [-0.39, 0.29) is 11.9 Å². The summed E-state index contributed by atoms with van der Waals surface area (Å²) in [4.78, 5) is 18.0. The Bertz CT molecular complexity index is 521. The first kappa shape index (κ1) is 12.8. The fourth-order valence-electron chi connectivity index (χ4n) is 1.43. The number of hydrogen-bond acceptors (Lipinski definition) is 5. The van der Waals surface area contributed by atoms with Crippen LogP contribution >= 0.6 is 11.3 Å². The van der Waals surface area contributed by atoms with Crippen LogP contribution in [0.2, 0.25) is 0 Å². The lowest BCUT2D eigenvalue weighted by Crippen LogP contribution is -2.39. The van der Waals surface area contributed by atoms with Gasteiger partial charge >= 0.3 is 0 Å². The van der Waals surface area contributed by atoms with Crippen LogP contribution in [0.3, 0.4) is 0 Å². The molecule has 2 aromatic rings. The van der Waals surface area contributed by atoms with Crippen LogP contribution in [0.1, 0.15) is 17.4 Å². The summed E-state index contributed by atoms with van der Waals surface area (Å²) in [7, 11) is 1.73. The molecule has 2 rings (SSSR count). The van der Waals surface area contributed by atoms with Crippen molar-refractivity contribution < 1.29 is 9.21 Å². The first-order chi connectivity index (χ1) is 8.63. The summed E-state index contributed by atoms with van der Waals surface area (Å²) < 4.78 is 5.00. The molecule has 0 saturated heterocycles. The van der Waals surface area contributed by atoms with E-state index in [1.165, 1.54) is 11.3 Å². The Balaban J connectivity index is 2.18. The van der Waals surface area contributed by atoms with Gasteiger partial charge in [-0.3, -0.25) is 4.79 Å². The van der Waals surface area contributed by atoms with Crippen LogP contribution in [-0.4, -0.2) is 35.4 Å². The van der Waals surface area contributed by atoms with Crippen LogP contribution in [0.4, 0.5) is 0 Å². The van der Waals surface area contributed by atoms with E-state index in [1.807, 2.05) is 13.0 Å². The molecule has 6 heteroatoms. The number of nitrogens with zero attached hydrogens (tertiary/aromatic N) is 2. The second-order valence-electron chi connectivity index (χ2n) is 4.05. The number of thiazole rings is 1. The van der Waals surface area contributed by atoms with Gasteiger partial charge in [-0.15, -0.1) is 11.3 Å². The molecule has 0 radical (unpaired) electrons. The number of carbonyl (C=O) groups excluding carboxylic acids is 1. The fourth-order valence-corrected chi connectivity index (χ4v) is 2.21. The third kappa shape index (κ3) is 2.44. The number of likely N-dealkylation sites (N-methyl/N-ethyl adjacent to an activating group) is 1. The average molecular weight is 265 g/mol. The number of hydrogen-bond donors (Lipinski definition) is 1. The third-order valence-electron chi connectivity index (χ3n) is 2.81. The zero-order valence-corrected chi connectivity index (χ0v) is 11.1. The van der Waals surface area contributed by atoms with Gasteiger partial charge in [0.15, 0.2) is 0 Å². The van der Waals surface area contributed by atoms with E-state index in [4.69, 9.17) is 10.2 Å². The van der Waals surface area contributed by atoms with E-state index in [0.29, 0.717) is 12.2 Å². The van der Waals surface area contributed by atoms with Gasteiger partial charge in [-0.2, -0.15) is 0 Å². The van der Waals surface area contributed by atoms with Crippen LogP contribution < -0.4 is 5.73 Å². The summed E-state index contributed by atoms with van der Waals surface area (Å²) in [5, 5.41) is 2.53. The van der Waals surface area contributed by atoms with Gasteiger partial charge < -0.3 is 15.1 Å². The molecule has 2 heterocycles. The smallest absolute Gasteiger partial charge is 0.273 e.